The summed E-state index contributed by atoms with van der Waals surface area (Å²) in [6.45, 7) is 8.17. The summed E-state index contributed by atoms with van der Waals surface area (Å²) in [5.41, 5.74) is -1.15. The van der Waals surface area contributed by atoms with Crippen LogP contribution in [0.3, 0.4) is 0 Å². The fourth-order valence-electron chi connectivity index (χ4n) is 3.85. The average molecular weight is 343 g/mol. The molecule has 0 aromatic carbocycles. The van der Waals surface area contributed by atoms with E-state index in [9.17, 15) is 19.8 Å². The Bertz CT molecular complexity index is 347. The predicted molar refractivity (Wildman–Crippen MR) is 98.2 cm³/mol. The van der Waals surface area contributed by atoms with Gasteiger partial charge in [0.25, 0.3) is 0 Å². The van der Waals surface area contributed by atoms with Gasteiger partial charge in [0.1, 0.15) is 0 Å². The molecule has 0 fully saturated rings. The molecule has 2 unspecified atom stereocenters. The van der Waals surface area contributed by atoms with E-state index in [-0.39, 0.29) is 18.3 Å². The molecular formula is C20H38O4. The van der Waals surface area contributed by atoms with Crippen LogP contribution in [0, 0.1) is 17.3 Å². The van der Waals surface area contributed by atoms with Crippen molar-refractivity contribution in [3.05, 3.63) is 0 Å². The van der Waals surface area contributed by atoms with Gasteiger partial charge in [0.2, 0.25) is 0 Å². The van der Waals surface area contributed by atoms with Gasteiger partial charge < -0.3 is 10.2 Å². The maximum atomic E-state index is 12.2. The highest BCUT2D eigenvalue weighted by Crippen LogP contribution is 2.44. The lowest BCUT2D eigenvalue weighted by molar-refractivity contribution is -0.164. The van der Waals surface area contributed by atoms with Crippen LogP contribution in [0.2, 0.25) is 0 Å². The van der Waals surface area contributed by atoms with Crippen molar-refractivity contribution in [2.75, 3.05) is 0 Å². The molecule has 0 spiro atoms. The zero-order chi connectivity index (χ0) is 18.6. The smallest absolute Gasteiger partial charge is 0.310 e. The summed E-state index contributed by atoms with van der Waals surface area (Å²) in [6.07, 6.45) is 10.0. The Morgan fingerprint density at radius 3 is 1.50 bits per heavy atom. The van der Waals surface area contributed by atoms with E-state index in [4.69, 9.17) is 0 Å². The molecule has 2 N–H and O–H groups in total. The van der Waals surface area contributed by atoms with Crippen molar-refractivity contribution in [3.63, 3.8) is 0 Å². The molecule has 0 saturated carbocycles. The number of carbonyl (C=O) groups is 2. The summed E-state index contributed by atoms with van der Waals surface area (Å²) < 4.78 is 0. The standard InChI is InChI=1S/C20H38O4/c1-5-7-9-11-13-16(3)20(19(23)24,15-18(21)22)17(4)14-12-10-8-6-2/h16-17H,5-15H2,1-4H3,(H,21,22)(H,23,24). The number of carboxylic acids is 2. The van der Waals surface area contributed by atoms with Crippen LogP contribution in [-0.4, -0.2) is 22.2 Å². The summed E-state index contributed by atoms with van der Waals surface area (Å²) in [6, 6.07) is 0. The molecular weight excluding hydrogens is 304 g/mol. The highest BCUT2D eigenvalue weighted by atomic mass is 16.4. The van der Waals surface area contributed by atoms with Crippen molar-refractivity contribution in [1.29, 1.82) is 0 Å². The van der Waals surface area contributed by atoms with Gasteiger partial charge in [-0.25, -0.2) is 0 Å². The fourth-order valence-corrected chi connectivity index (χ4v) is 3.85. The van der Waals surface area contributed by atoms with Crippen molar-refractivity contribution in [1.82, 2.24) is 0 Å². The second-order valence-electron chi connectivity index (χ2n) is 7.42. The van der Waals surface area contributed by atoms with E-state index in [2.05, 4.69) is 13.8 Å². The van der Waals surface area contributed by atoms with Gasteiger partial charge in [0.05, 0.1) is 11.8 Å². The molecule has 0 saturated heterocycles. The van der Waals surface area contributed by atoms with E-state index in [0.717, 1.165) is 64.2 Å². The minimum absolute atomic E-state index is 0.121. The van der Waals surface area contributed by atoms with Gasteiger partial charge in [-0.1, -0.05) is 79.1 Å². The monoisotopic (exact) mass is 342 g/mol. The topological polar surface area (TPSA) is 74.6 Å². The van der Waals surface area contributed by atoms with Crippen molar-refractivity contribution in [2.45, 2.75) is 98.3 Å². The molecule has 24 heavy (non-hydrogen) atoms. The number of rotatable bonds is 15. The van der Waals surface area contributed by atoms with Crippen LogP contribution >= 0.6 is 0 Å². The zero-order valence-electron chi connectivity index (χ0n) is 16.1. The molecule has 0 heterocycles. The lowest BCUT2D eigenvalue weighted by Gasteiger charge is -2.39. The van der Waals surface area contributed by atoms with Gasteiger partial charge in [-0.05, 0) is 24.7 Å². The summed E-state index contributed by atoms with van der Waals surface area (Å²) in [5, 5.41) is 19.3. The summed E-state index contributed by atoms with van der Waals surface area (Å²) in [7, 11) is 0. The SMILES string of the molecule is CCCCCCC(C)C(CC(=O)O)(C(=O)O)C(C)CCCCCC. The molecule has 0 aliphatic carbocycles. The van der Waals surface area contributed by atoms with Gasteiger partial charge in [0.15, 0.2) is 0 Å². The first kappa shape index (κ1) is 22.9. The van der Waals surface area contributed by atoms with Crippen molar-refractivity contribution >= 4 is 11.9 Å². The van der Waals surface area contributed by atoms with E-state index in [1.165, 1.54) is 0 Å². The maximum Gasteiger partial charge on any atom is 0.310 e. The third-order valence-corrected chi connectivity index (χ3v) is 5.58. The number of hydrogen-bond donors (Lipinski definition) is 2. The Hall–Kier alpha value is -1.06. The zero-order valence-corrected chi connectivity index (χ0v) is 16.1. The average Bonchev–Trinajstić information content (AvgIpc) is 2.52. The van der Waals surface area contributed by atoms with Gasteiger partial charge in [-0.2, -0.15) is 0 Å². The summed E-state index contributed by atoms with van der Waals surface area (Å²) in [4.78, 5) is 23.6. The van der Waals surface area contributed by atoms with E-state index in [1.54, 1.807) is 0 Å². The Morgan fingerprint density at radius 1 is 0.792 bits per heavy atom. The third-order valence-electron chi connectivity index (χ3n) is 5.58. The highest BCUT2D eigenvalue weighted by Gasteiger charge is 2.49. The molecule has 0 bridgehead atoms. The van der Waals surface area contributed by atoms with E-state index in [1.807, 2.05) is 13.8 Å². The highest BCUT2D eigenvalue weighted by molar-refractivity contribution is 5.82. The van der Waals surface area contributed by atoms with Crippen molar-refractivity contribution in [2.24, 2.45) is 17.3 Å². The summed E-state index contributed by atoms with van der Waals surface area (Å²) >= 11 is 0. The molecule has 0 rings (SSSR count). The number of hydrogen-bond acceptors (Lipinski definition) is 2. The molecule has 2 atom stereocenters. The molecule has 142 valence electrons. The lowest BCUT2D eigenvalue weighted by Crippen LogP contribution is -2.45. The van der Waals surface area contributed by atoms with E-state index >= 15 is 0 Å². The van der Waals surface area contributed by atoms with Crippen LogP contribution in [0.1, 0.15) is 98.3 Å². The first-order valence-electron chi connectivity index (χ1n) is 9.78. The Morgan fingerprint density at radius 2 is 1.21 bits per heavy atom. The van der Waals surface area contributed by atoms with Gasteiger partial charge in [-0.15, -0.1) is 0 Å². The Labute approximate surface area is 148 Å². The van der Waals surface area contributed by atoms with Crippen LogP contribution in [0.4, 0.5) is 0 Å². The van der Waals surface area contributed by atoms with Crippen molar-refractivity contribution in [3.8, 4) is 0 Å². The van der Waals surface area contributed by atoms with E-state index < -0.39 is 17.4 Å². The molecule has 0 aromatic rings. The lowest BCUT2D eigenvalue weighted by atomic mass is 9.63. The molecule has 0 aromatic heterocycles. The molecule has 0 amide bonds. The maximum absolute atomic E-state index is 12.2. The molecule has 4 nitrogen and oxygen atoms in total. The number of carboxylic acid groups (broad SMARTS) is 2. The Balaban J connectivity index is 5.09. The normalized spacial score (nSPS) is 16.3. The second kappa shape index (κ2) is 12.3. The fraction of sp³-hybridized carbons (Fsp3) is 0.900. The van der Waals surface area contributed by atoms with Crippen LogP contribution in [-0.2, 0) is 9.59 Å². The van der Waals surface area contributed by atoms with Gasteiger partial charge in [0, 0.05) is 0 Å². The van der Waals surface area contributed by atoms with Crippen LogP contribution in [0.15, 0.2) is 0 Å². The van der Waals surface area contributed by atoms with E-state index in [0.29, 0.717) is 0 Å². The number of unbranched alkanes of at least 4 members (excludes halogenated alkanes) is 6. The second-order valence-corrected chi connectivity index (χ2v) is 7.42. The summed E-state index contributed by atoms with van der Waals surface area (Å²) in [5.74, 6) is -2.18. The molecule has 4 heteroatoms. The number of aliphatic carboxylic acids is 2. The first-order valence-corrected chi connectivity index (χ1v) is 9.78. The van der Waals surface area contributed by atoms with Crippen LogP contribution in [0.25, 0.3) is 0 Å². The molecule has 0 radical (unpaired) electrons. The Kier molecular flexibility index (Phi) is 11.8. The first-order chi connectivity index (χ1) is 11.3. The predicted octanol–water partition coefficient (Wildman–Crippen LogP) is 5.75. The quantitative estimate of drug-likeness (QED) is 0.372. The minimum Gasteiger partial charge on any atom is -0.481 e. The largest absolute Gasteiger partial charge is 0.481 e. The molecule has 0 aliphatic heterocycles. The molecule has 0 aliphatic rings. The minimum atomic E-state index is -1.15. The van der Waals surface area contributed by atoms with Crippen LogP contribution in [0.5, 0.6) is 0 Å². The van der Waals surface area contributed by atoms with Crippen molar-refractivity contribution < 1.29 is 19.8 Å². The van der Waals surface area contributed by atoms with Gasteiger partial charge >= 0.3 is 11.9 Å². The third kappa shape index (κ3) is 7.23. The van der Waals surface area contributed by atoms with Crippen LogP contribution < -0.4 is 0 Å². The van der Waals surface area contributed by atoms with Gasteiger partial charge in [-0.3, -0.25) is 9.59 Å².